The molecular formula is C10H12BrN5OS. The number of nitrogens with one attached hydrogen (secondary N) is 1. The molecule has 18 heavy (non-hydrogen) atoms. The smallest absolute Gasteiger partial charge is 0.267 e. The van der Waals surface area contributed by atoms with Crippen LogP contribution < -0.4 is 10.9 Å². The van der Waals surface area contributed by atoms with Gasteiger partial charge in [-0.1, -0.05) is 18.3 Å². The molecule has 8 heteroatoms. The lowest BCUT2D eigenvalue weighted by Gasteiger charge is -2.01. The Morgan fingerprint density at radius 2 is 2.33 bits per heavy atom. The van der Waals surface area contributed by atoms with Crippen LogP contribution in [0.15, 0.2) is 21.8 Å². The van der Waals surface area contributed by atoms with Crippen LogP contribution in [0.2, 0.25) is 0 Å². The molecule has 0 bridgehead atoms. The van der Waals surface area contributed by atoms with Crippen LogP contribution in [-0.4, -0.2) is 26.3 Å². The molecule has 0 radical (unpaired) electrons. The third-order valence-corrected chi connectivity index (χ3v) is 3.57. The lowest BCUT2D eigenvalue weighted by Crippen LogP contribution is -2.21. The first-order valence-corrected chi connectivity index (χ1v) is 7.08. The summed E-state index contributed by atoms with van der Waals surface area (Å²) in [6.07, 6.45) is 4.00. The topological polar surface area (TPSA) is 72.7 Å². The van der Waals surface area contributed by atoms with E-state index in [0.29, 0.717) is 11.0 Å². The highest BCUT2D eigenvalue weighted by atomic mass is 79.9. The van der Waals surface area contributed by atoms with Crippen molar-refractivity contribution in [3.63, 3.8) is 0 Å². The predicted octanol–water partition coefficient (Wildman–Crippen LogP) is 1.73. The molecule has 0 saturated carbocycles. The fraction of sp³-hybridized carbons (Fsp3) is 0.400. The van der Waals surface area contributed by atoms with E-state index in [9.17, 15) is 4.79 Å². The minimum Gasteiger partial charge on any atom is -0.360 e. The van der Waals surface area contributed by atoms with Crippen molar-refractivity contribution in [2.24, 2.45) is 0 Å². The summed E-state index contributed by atoms with van der Waals surface area (Å²) in [7, 11) is 0. The molecule has 1 N–H and O–H groups in total. The fourth-order valence-corrected chi connectivity index (χ4v) is 2.41. The molecule has 0 atom stereocenters. The summed E-state index contributed by atoms with van der Waals surface area (Å²) in [4.78, 5) is 15.7. The average molecular weight is 330 g/mol. The lowest BCUT2D eigenvalue weighted by molar-refractivity contribution is 0.718. The molecule has 6 nitrogen and oxygen atoms in total. The lowest BCUT2D eigenvalue weighted by atomic mass is 10.5. The van der Waals surface area contributed by atoms with E-state index in [4.69, 9.17) is 0 Å². The van der Waals surface area contributed by atoms with Crippen molar-refractivity contribution in [3.8, 4) is 0 Å². The Labute approximate surface area is 116 Å². The molecule has 0 amide bonds. The van der Waals surface area contributed by atoms with E-state index in [2.05, 4.69) is 43.4 Å². The molecule has 0 spiro atoms. The second-order valence-corrected chi connectivity index (χ2v) is 5.52. The third kappa shape index (κ3) is 3.14. The van der Waals surface area contributed by atoms with Crippen LogP contribution in [0.5, 0.6) is 0 Å². The Kier molecular flexibility index (Phi) is 4.43. The van der Waals surface area contributed by atoms with E-state index >= 15 is 0 Å². The summed E-state index contributed by atoms with van der Waals surface area (Å²) in [5.74, 6) is 0. The van der Waals surface area contributed by atoms with Crippen LogP contribution in [0.4, 0.5) is 5.13 Å². The van der Waals surface area contributed by atoms with Crippen molar-refractivity contribution in [1.82, 2.24) is 19.7 Å². The molecule has 2 aromatic heterocycles. The Morgan fingerprint density at radius 3 is 3.11 bits per heavy atom. The quantitative estimate of drug-likeness (QED) is 0.904. The van der Waals surface area contributed by atoms with Gasteiger partial charge in [0, 0.05) is 12.7 Å². The van der Waals surface area contributed by atoms with Gasteiger partial charge in [0.15, 0.2) is 0 Å². The van der Waals surface area contributed by atoms with Gasteiger partial charge in [-0.3, -0.25) is 9.36 Å². The Hall–Kier alpha value is -1.28. The maximum atomic E-state index is 11.8. The molecule has 2 rings (SSSR count). The highest BCUT2D eigenvalue weighted by Crippen LogP contribution is 2.15. The monoisotopic (exact) mass is 329 g/mol. The van der Waals surface area contributed by atoms with Crippen LogP contribution in [0.3, 0.4) is 0 Å². The van der Waals surface area contributed by atoms with Crippen molar-refractivity contribution in [2.75, 3.05) is 11.9 Å². The number of halogens is 1. The summed E-state index contributed by atoms with van der Waals surface area (Å²) in [6, 6.07) is 0. The molecule has 0 aliphatic heterocycles. The number of nitrogens with zero attached hydrogens (tertiary/aromatic N) is 4. The van der Waals surface area contributed by atoms with Crippen LogP contribution in [0.1, 0.15) is 18.4 Å². The van der Waals surface area contributed by atoms with Crippen molar-refractivity contribution >= 4 is 32.4 Å². The first-order chi connectivity index (χ1) is 8.70. The van der Waals surface area contributed by atoms with Crippen molar-refractivity contribution in [1.29, 1.82) is 0 Å². The largest absolute Gasteiger partial charge is 0.360 e. The summed E-state index contributed by atoms with van der Waals surface area (Å²) in [6.45, 7) is 3.34. The number of rotatable bonds is 5. The van der Waals surface area contributed by atoms with Crippen LogP contribution in [0, 0.1) is 0 Å². The van der Waals surface area contributed by atoms with E-state index in [1.807, 2.05) is 0 Å². The van der Waals surface area contributed by atoms with Gasteiger partial charge in [-0.05, 0) is 22.4 Å². The molecule has 0 unspecified atom stereocenters. The van der Waals surface area contributed by atoms with Gasteiger partial charge in [-0.15, -0.1) is 10.2 Å². The Balaban J connectivity index is 2.11. The van der Waals surface area contributed by atoms with Gasteiger partial charge in [-0.25, -0.2) is 4.98 Å². The number of hydrogen-bond donors (Lipinski definition) is 1. The van der Waals surface area contributed by atoms with Gasteiger partial charge in [0.1, 0.15) is 9.48 Å². The summed E-state index contributed by atoms with van der Waals surface area (Å²) in [5.41, 5.74) is -0.122. The first kappa shape index (κ1) is 13.2. The standard InChI is InChI=1S/C10H12BrN5OS/c1-2-3-13-10-15-14-8(18-10)5-16-6-12-4-7(11)9(16)17/h4,6H,2-3,5H2,1H3,(H,13,15). The summed E-state index contributed by atoms with van der Waals surface area (Å²) < 4.78 is 1.94. The van der Waals surface area contributed by atoms with Crippen molar-refractivity contribution in [2.45, 2.75) is 19.9 Å². The highest BCUT2D eigenvalue weighted by Gasteiger charge is 2.07. The molecular weight excluding hydrogens is 318 g/mol. The maximum absolute atomic E-state index is 11.8. The van der Waals surface area contributed by atoms with Gasteiger partial charge in [0.2, 0.25) is 5.13 Å². The molecule has 0 aliphatic rings. The summed E-state index contributed by atoms with van der Waals surface area (Å²) >= 11 is 4.60. The van der Waals surface area contributed by atoms with E-state index in [0.717, 1.165) is 23.1 Å². The fourth-order valence-electron chi connectivity index (χ4n) is 1.30. The Bertz CT molecular complexity index is 582. The van der Waals surface area contributed by atoms with Crippen LogP contribution in [-0.2, 0) is 6.54 Å². The first-order valence-electron chi connectivity index (χ1n) is 5.47. The minimum atomic E-state index is -0.122. The highest BCUT2D eigenvalue weighted by molar-refractivity contribution is 9.10. The molecule has 0 fully saturated rings. The number of aromatic nitrogens is 4. The van der Waals surface area contributed by atoms with E-state index in [1.54, 1.807) is 0 Å². The van der Waals surface area contributed by atoms with Crippen LogP contribution in [0.25, 0.3) is 0 Å². The van der Waals surface area contributed by atoms with E-state index in [1.165, 1.54) is 28.4 Å². The summed E-state index contributed by atoms with van der Waals surface area (Å²) in [5, 5.41) is 12.8. The van der Waals surface area contributed by atoms with Crippen LogP contribution >= 0.6 is 27.3 Å². The average Bonchev–Trinajstić information content (AvgIpc) is 2.80. The Morgan fingerprint density at radius 1 is 1.50 bits per heavy atom. The van der Waals surface area contributed by atoms with Gasteiger partial charge < -0.3 is 5.32 Å². The second-order valence-electron chi connectivity index (χ2n) is 3.60. The van der Waals surface area contributed by atoms with Gasteiger partial charge in [-0.2, -0.15) is 0 Å². The normalized spacial score (nSPS) is 10.6. The molecule has 2 aromatic rings. The van der Waals surface area contributed by atoms with E-state index < -0.39 is 0 Å². The zero-order chi connectivity index (χ0) is 13.0. The molecule has 0 saturated heterocycles. The zero-order valence-electron chi connectivity index (χ0n) is 9.76. The predicted molar refractivity (Wildman–Crippen MR) is 74.0 cm³/mol. The molecule has 2 heterocycles. The molecule has 96 valence electrons. The molecule has 0 aromatic carbocycles. The second kappa shape index (κ2) is 6.05. The van der Waals surface area contributed by atoms with Gasteiger partial charge in [0.25, 0.3) is 5.56 Å². The zero-order valence-corrected chi connectivity index (χ0v) is 12.2. The SMILES string of the molecule is CCCNc1nnc(Cn2cncc(Br)c2=O)s1. The minimum absolute atomic E-state index is 0.122. The van der Waals surface area contributed by atoms with Crippen molar-refractivity contribution < 1.29 is 0 Å². The molecule has 0 aliphatic carbocycles. The van der Waals surface area contributed by atoms with Crippen molar-refractivity contribution in [3.05, 3.63) is 32.4 Å². The number of hydrogen-bond acceptors (Lipinski definition) is 6. The third-order valence-electron chi connectivity index (χ3n) is 2.16. The maximum Gasteiger partial charge on any atom is 0.267 e. The van der Waals surface area contributed by atoms with Gasteiger partial charge in [0.05, 0.1) is 12.9 Å². The van der Waals surface area contributed by atoms with E-state index in [-0.39, 0.29) is 5.56 Å². The number of anilines is 1. The van der Waals surface area contributed by atoms with Gasteiger partial charge >= 0.3 is 0 Å².